The Balaban J connectivity index is 2.84. The van der Waals surface area contributed by atoms with E-state index in [9.17, 15) is 18.4 Å². The number of carbonyl (C=O) groups is 2. The van der Waals surface area contributed by atoms with Gasteiger partial charge in [-0.05, 0) is 6.42 Å². The lowest BCUT2D eigenvalue weighted by Crippen LogP contribution is -2.30. The fraction of sp³-hybridized carbons (Fsp3) is 0.714. The smallest absolute Gasteiger partial charge is 0.323 e. The van der Waals surface area contributed by atoms with Crippen molar-refractivity contribution >= 4 is 11.9 Å². The van der Waals surface area contributed by atoms with E-state index in [0.717, 1.165) is 7.11 Å². The van der Waals surface area contributed by atoms with Gasteiger partial charge in [-0.25, -0.2) is 8.78 Å². The van der Waals surface area contributed by atoms with Crippen LogP contribution in [0.5, 0.6) is 0 Å². The maximum absolute atomic E-state index is 12.1. The van der Waals surface area contributed by atoms with Crippen LogP contribution < -0.4 is 0 Å². The Labute approximate surface area is 72.5 Å². The molecule has 0 spiro atoms. The van der Waals surface area contributed by atoms with Gasteiger partial charge in [-0.2, -0.15) is 0 Å². The van der Waals surface area contributed by atoms with E-state index in [1.807, 2.05) is 0 Å². The summed E-state index contributed by atoms with van der Waals surface area (Å²) < 4.78 is 28.4. The lowest BCUT2D eigenvalue weighted by Gasteiger charge is -2.08. The molecule has 0 amide bonds. The molecule has 1 unspecified atom stereocenters. The normalized spacial score (nSPS) is 31.5. The standard InChI is InChI=1S/C7H8F2O4/c1-13-6(12)7(5(10)11)2-3(7)4(8)9/h3-4H,2H2,1H3,(H,10,11)/t3?,7-/m0/s1. The second-order valence-electron chi connectivity index (χ2n) is 2.91. The summed E-state index contributed by atoms with van der Waals surface area (Å²) in [6.45, 7) is 0. The lowest BCUT2D eigenvalue weighted by molar-refractivity contribution is -0.161. The van der Waals surface area contributed by atoms with Crippen LogP contribution in [0.1, 0.15) is 6.42 Å². The lowest BCUT2D eigenvalue weighted by atomic mass is 10.1. The largest absolute Gasteiger partial charge is 0.480 e. The van der Waals surface area contributed by atoms with Crippen molar-refractivity contribution in [1.82, 2.24) is 0 Å². The number of esters is 1. The highest BCUT2D eigenvalue weighted by Gasteiger charge is 2.70. The molecule has 2 atom stereocenters. The second kappa shape index (κ2) is 2.93. The third-order valence-electron chi connectivity index (χ3n) is 2.25. The van der Waals surface area contributed by atoms with Crippen molar-refractivity contribution in [2.75, 3.05) is 7.11 Å². The van der Waals surface area contributed by atoms with Gasteiger partial charge in [-0.1, -0.05) is 0 Å². The molecular formula is C7H8F2O4. The first kappa shape index (κ1) is 9.88. The van der Waals surface area contributed by atoms with Gasteiger partial charge in [0.1, 0.15) is 0 Å². The maximum atomic E-state index is 12.1. The quantitative estimate of drug-likeness (QED) is 0.525. The van der Waals surface area contributed by atoms with Crippen LogP contribution in [0.25, 0.3) is 0 Å². The SMILES string of the molecule is COC(=O)[C@@]1(C(=O)O)CC1C(F)F. The number of alkyl halides is 2. The summed E-state index contributed by atoms with van der Waals surface area (Å²) in [7, 11) is 0.980. The number of rotatable bonds is 3. The van der Waals surface area contributed by atoms with Crippen LogP contribution >= 0.6 is 0 Å². The molecule has 1 aliphatic rings. The van der Waals surface area contributed by atoms with Gasteiger partial charge in [0.25, 0.3) is 0 Å². The van der Waals surface area contributed by atoms with Gasteiger partial charge in [0.05, 0.1) is 7.11 Å². The summed E-state index contributed by atoms with van der Waals surface area (Å²) in [6.07, 6.45) is -3.14. The predicted molar refractivity (Wildman–Crippen MR) is 36.2 cm³/mol. The molecule has 4 nitrogen and oxygen atoms in total. The highest BCUT2D eigenvalue weighted by atomic mass is 19.3. The van der Waals surface area contributed by atoms with Crippen molar-refractivity contribution in [3.63, 3.8) is 0 Å². The topological polar surface area (TPSA) is 63.6 Å². The van der Waals surface area contributed by atoms with Crippen LogP contribution in [0.4, 0.5) is 8.78 Å². The molecule has 6 heteroatoms. The van der Waals surface area contributed by atoms with Gasteiger partial charge in [0, 0.05) is 5.92 Å². The average molecular weight is 194 g/mol. The van der Waals surface area contributed by atoms with Crippen molar-refractivity contribution in [1.29, 1.82) is 0 Å². The first-order chi connectivity index (χ1) is 5.96. The van der Waals surface area contributed by atoms with E-state index >= 15 is 0 Å². The van der Waals surface area contributed by atoms with Crippen LogP contribution in [0.3, 0.4) is 0 Å². The van der Waals surface area contributed by atoms with E-state index in [-0.39, 0.29) is 6.42 Å². The van der Waals surface area contributed by atoms with Gasteiger partial charge in [-0.15, -0.1) is 0 Å². The van der Waals surface area contributed by atoms with Gasteiger partial charge in [0.2, 0.25) is 6.43 Å². The first-order valence-corrected chi connectivity index (χ1v) is 3.56. The number of carboxylic acids is 1. The van der Waals surface area contributed by atoms with Crippen molar-refractivity contribution in [3.05, 3.63) is 0 Å². The Hall–Kier alpha value is -1.20. The minimum atomic E-state index is -2.80. The third-order valence-corrected chi connectivity index (χ3v) is 2.25. The van der Waals surface area contributed by atoms with E-state index in [4.69, 9.17) is 5.11 Å². The van der Waals surface area contributed by atoms with Crippen molar-refractivity contribution < 1.29 is 28.2 Å². The molecule has 0 aromatic carbocycles. The Bertz CT molecular complexity index is 253. The van der Waals surface area contributed by atoms with Crippen LogP contribution in [0.15, 0.2) is 0 Å². The Morgan fingerprint density at radius 3 is 2.38 bits per heavy atom. The molecule has 13 heavy (non-hydrogen) atoms. The van der Waals surface area contributed by atoms with Crippen LogP contribution in [0, 0.1) is 11.3 Å². The minimum absolute atomic E-state index is 0.341. The van der Waals surface area contributed by atoms with Crippen LogP contribution in [-0.4, -0.2) is 30.6 Å². The molecule has 0 heterocycles. The highest BCUT2D eigenvalue weighted by Crippen LogP contribution is 2.56. The number of aliphatic carboxylic acids is 1. The number of carboxylic acid groups (broad SMARTS) is 1. The molecule has 0 aliphatic heterocycles. The molecule has 74 valence electrons. The minimum Gasteiger partial charge on any atom is -0.480 e. The molecule has 1 aliphatic carbocycles. The predicted octanol–water partition coefficient (Wildman–Crippen LogP) is 0.515. The maximum Gasteiger partial charge on any atom is 0.323 e. The molecule has 0 saturated heterocycles. The fourth-order valence-electron chi connectivity index (χ4n) is 1.34. The number of halogens is 2. The fourth-order valence-corrected chi connectivity index (χ4v) is 1.34. The summed E-state index contributed by atoms with van der Waals surface area (Å²) in [6, 6.07) is 0. The summed E-state index contributed by atoms with van der Waals surface area (Å²) >= 11 is 0. The molecule has 1 fully saturated rings. The average Bonchev–Trinajstić information content (AvgIpc) is 2.78. The van der Waals surface area contributed by atoms with Crippen molar-refractivity contribution in [2.45, 2.75) is 12.8 Å². The number of ether oxygens (including phenoxy) is 1. The van der Waals surface area contributed by atoms with Crippen molar-refractivity contribution in [3.8, 4) is 0 Å². The number of methoxy groups -OCH3 is 1. The molecular weight excluding hydrogens is 186 g/mol. The zero-order chi connectivity index (χ0) is 10.2. The summed E-state index contributed by atoms with van der Waals surface area (Å²) in [4.78, 5) is 21.5. The first-order valence-electron chi connectivity index (χ1n) is 3.56. The zero-order valence-electron chi connectivity index (χ0n) is 6.79. The summed E-state index contributed by atoms with van der Waals surface area (Å²) in [5, 5.41) is 8.59. The molecule has 0 aromatic rings. The molecule has 1 saturated carbocycles. The van der Waals surface area contributed by atoms with E-state index in [1.165, 1.54) is 0 Å². The van der Waals surface area contributed by atoms with E-state index in [0.29, 0.717) is 0 Å². The number of hydrogen-bond acceptors (Lipinski definition) is 3. The molecule has 1 N–H and O–H groups in total. The molecule has 1 rings (SSSR count). The van der Waals surface area contributed by atoms with Gasteiger partial charge < -0.3 is 9.84 Å². The molecule has 0 bridgehead atoms. The second-order valence-corrected chi connectivity index (χ2v) is 2.91. The Morgan fingerprint density at radius 2 is 2.15 bits per heavy atom. The van der Waals surface area contributed by atoms with Gasteiger partial charge >= 0.3 is 11.9 Å². The van der Waals surface area contributed by atoms with Crippen LogP contribution in [-0.2, 0) is 14.3 Å². The van der Waals surface area contributed by atoms with E-state index < -0.39 is 29.7 Å². The Morgan fingerprint density at radius 1 is 1.62 bits per heavy atom. The molecule has 0 aromatic heterocycles. The van der Waals surface area contributed by atoms with Crippen molar-refractivity contribution in [2.24, 2.45) is 11.3 Å². The zero-order valence-corrected chi connectivity index (χ0v) is 6.79. The van der Waals surface area contributed by atoms with E-state index in [1.54, 1.807) is 0 Å². The Kier molecular flexibility index (Phi) is 2.23. The van der Waals surface area contributed by atoms with Crippen LogP contribution in [0.2, 0.25) is 0 Å². The number of hydrogen-bond donors (Lipinski definition) is 1. The van der Waals surface area contributed by atoms with E-state index in [2.05, 4.69) is 4.74 Å². The molecule has 0 radical (unpaired) electrons. The monoisotopic (exact) mass is 194 g/mol. The summed E-state index contributed by atoms with van der Waals surface area (Å²) in [5.41, 5.74) is -2.00. The van der Waals surface area contributed by atoms with Gasteiger partial charge in [-0.3, -0.25) is 9.59 Å². The highest BCUT2D eigenvalue weighted by molar-refractivity contribution is 6.03. The summed E-state index contributed by atoms with van der Waals surface area (Å²) in [5.74, 6) is -4.03. The third kappa shape index (κ3) is 1.26. The van der Waals surface area contributed by atoms with Gasteiger partial charge in [0.15, 0.2) is 5.41 Å². The number of carbonyl (C=O) groups excluding carboxylic acids is 1.